The lowest BCUT2D eigenvalue weighted by Crippen LogP contribution is -2.62. The number of aryl methyl sites for hydroxylation is 2. The molecule has 2 atom stereocenters. The summed E-state index contributed by atoms with van der Waals surface area (Å²) in [6.07, 6.45) is 5.78. The molecule has 2 aromatic heterocycles. The SMILES string of the molecule is Cn1c(CCC(=O)N2CC[C@@H]3NCCC[C@@]3(CO)C2)nc2cccnc21. The number of likely N-dealkylation sites (tertiary alicyclic amines) is 1. The van der Waals surface area contributed by atoms with E-state index >= 15 is 0 Å². The number of rotatable bonds is 4. The van der Waals surface area contributed by atoms with Gasteiger partial charge in [0.1, 0.15) is 11.3 Å². The van der Waals surface area contributed by atoms with E-state index < -0.39 is 0 Å². The van der Waals surface area contributed by atoms with Gasteiger partial charge in [0, 0.05) is 50.6 Å². The number of hydrogen-bond acceptors (Lipinski definition) is 5. The zero-order valence-corrected chi connectivity index (χ0v) is 15.3. The molecule has 7 nitrogen and oxygen atoms in total. The van der Waals surface area contributed by atoms with Gasteiger partial charge in [-0.25, -0.2) is 9.97 Å². The van der Waals surface area contributed by atoms with Gasteiger partial charge in [0.25, 0.3) is 0 Å². The zero-order chi connectivity index (χ0) is 18.1. The van der Waals surface area contributed by atoms with Crippen LogP contribution in [0.3, 0.4) is 0 Å². The van der Waals surface area contributed by atoms with Gasteiger partial charge in [-0.3, -0.25) is 4.79 Å². The van der Waals surface area contributed by atoms with Crippen LogP contribution in [0, 0.1) is 5.41 Å². The molecule has 1 amide bonds. The van der Waals surface area contributed by atoms with Crippen LogP contribution in [0.1, 0.15) is 31.5 Å². The molecule has 2 aliphatic heterocycles. The predicted molar refractivity (Wildman–Crippen MR) is 98.6 cm³/mol. The van der Waals surface area contributed by atoms with Crippen molar-refractivity contribution in [2.24, 2.45) is 12.5 Å². The number of aliphatic hydroxyl groups excluding tert-OH is 1. The molecular weight excluding hydrogens is 330 g/mol. The molecule has 2 saturated heterocycles. The lowest BCUT2D eigenvalue weighted by molar-refractivity contribution is -0.137. The van der Waals surface area contributed by atoms with E-state index in [0.717, 1.165) is 49.3 Å². The highest BCUT2D eigenvalue weighted by atomic mass is 16.3. The Labute approximate surface area is 153 Å². The van der Waals surface area contributed by atoms with Gasteiger partial charge in [0.15, 0.2) is 5.65 Å². The molecule has 2 fully saturated rings. The predicted octanol–water partition coefficient (Wildman–Crippen LogP) is 0.864. The first kappa shape index (κ1) is 17.4. The molecule has 2 aliphatic rings. The Bertz CT molecular complexity index is 804. The average molecular weight is 357 g/mol. The van der Waals surface area contributed by atoms with Crippen LogP contribution in [-0.2, 0) is 18.3 Å². The lowest BCUT2D eigenvalue weighted by atomic mass is 9.70. The van der Waals surface area contributed by atoms with Crippen LogP contribution in [0.15, 0.2) is 18.3 Å². The van der Waals surface area contributed by atoms with E-state index in [1.807, 2.05) is 28.6 Å². The molecule has 0 bridgehead atoms. The summed E-state index contributed by atoms with van der Waals surface area (Å²) in [5.74, 6) is 1.04. The van der Waals surface area contributed by atoms with Crippen LogP contribution in [0.5, 0.6) is 0 Å². The molecule has 4 rings (SSSR count). The first-order valence-electron chi connectivity index (χ1n) is 9.51. The maximum atomic E-state index is 12.8. The third-order valence-corrected chi connectivity index (χ3v) is 6.13. The van der Waals surface area contributed by atoms with Crippen molar-refractivity contribution in [2.45, 2.75) is 38.1 Å². The highest BCUT2D eigenvalue weighted by molar-refractivity contribution is 5.77. The maximum Gasteiger partial charge on any atom is 0.223 e. The maximum absolute atomic E-state index is 12.8. The quantitative estimate of drug-likeness (QED) is 0.848. The smallest absolute Gasteiger partial charge is 0.223 e. The number of aliphatic hydroxyl groups is 1. The molecule has 2 aromatic rings. The highest BCUT2D eigenvalue weighted by Crippen LogP contribution is 2.37. The fourth-order valence-electron chi connectivity index (χ4n) is 4.57. The number of piperidine rings is 2. The Balaban J connectivity index is 1.42. The summed E-state index contributed by atoms with van der Waals surface area (Å²) < 4.78 is 1.97. The number of nitrogens with zero attached hydrogens (tertiary/aromatic N) is 4. The minimum absolute atomic E-state index is 0.144. The molecule has 26 heavy (non-hydrogen) atoms. The van der Waals surface area contributed by atoms with E-state index in [4.69, 9.17) is 0 Å². The Hall–Kier alpha value is -1.99. The number of nitrogens with one attached hydrogen (secondary N) is 1. The first-order chi connectivity index (χ1) is 12.6. The summed E-state index contributed by atoms with van der Waals surface area (Å²) in [6, 6.07) is 4.15. The van der Waals surface area contributed by atoms with Gasteiger partial charge in [0.05, 0.1) is 6.61 Å². The summed E-state index contributed by atoms with van der Waals surface area (Å²) in [5.41, 5.74) is 1.54. The third kappa shape index (κ3) is 2.99. The minimum Gasteiger partial charge on any atom is -0.396 e. The number of aromatic nitrogens is 3. The van der Waals surface area contributed by atoms with Crippen LogP contribution in [0.4, 0.5) is 0 Å². The number of hydrogen-bond donors (Lipinski definition) is 2. The molecular formula is C19H27N5O2. The highest BCUT2D eigenvalue weighted by Gasteiger charge is 2.45. The molecule has 0 spiro atoms. The molecule has 0 unspecified atom stereocenters. The summed E-state index contributed by atoms with van der Waals surface area (Å²) in [5, 5.41) is 13.5. The molecule has 0 radical (unpaired) electrons. The number of carbonyl (C=O) groups excluding carboxylic acids is 1. The normalized spacial score (nSPS) is 26.1. The van der Waals surface area contributed by atoms with E-state index in [-0.39, 0.29) is 17.9 Å². The van der Waals surface area contributed by atoms with Gasteiger partial charge in [-0.15, -0.1) is 0 Å². The number of amides is 1. The molecule has 4 heterocycles. The molecule has 0 saturated carbocycles. The second-order valence-corrected chi connectivity index (χ2v) is 7.67. The van der Waals surface area contributed by atoms with E-state index in [1.54, 1.807) is 6.20 Å². The number of fused-ring (bicyclic) bond motifs is 2. The largest absolute Gasteiger partial charge is 0.396 e. The van der Waals surface area contributed by atoms with Crippen molar-refractivity contribution in [1.29, 1.82) is 0 Å². The van der Waals surface area contributed by atoms with Crippen LogP contribution >= 0.6 is 0 Å². The van der Waals surface area contributed by atoms with E-state index in [1.165, 1.54) is 0 Å². The number of imidazole rings is 1. The molecule has 0 aromatic carbocycles. The monoisotopic (exact) mass is 357 g/mol. The summed E-state index contributed by atoms with van der Waals surface area (Å²) in [6.45, 7) is 2.58. The summed E-state index contributed by atoms with van der Waals surface area (Å²) in [7, 11) is 1.95. The number of pyridine rings is 1. The van der Waals surface area contributed by atoms with Crippen LogP contribution < -0.4 is 5.32 Å². The molecule has 7 heteroatoms. The van der Waals surface area contributed by atoms with E-state index in [9.17, 15) is 9.90 Å². The second kappa shape index (κ2) is 6.96. The summed E-state index contributed by atoms with van der Waals surface area (Å²) >= 11 is 0. The lowest BCUT2D eigenvalue weighted by Gasteiger charge is -2.50. The van der Waals surface area contributed by atoms with Crippen molar-refractivity contribution in [3.8, 4) is 0 Å². The van der Waals surface area contributed by atoms with Gasteiger partial charge in [-0.2, -0.15) is 0 Å². The fraction of sp³-hybridized carbons (Fsp3) is 0.632. The van der Waals surface area contributed by atoms with Crippen LogP contribution in [0.2, 0.25) is 0 Å². The topological polar surface area (TPSA) is 83.3 Å². The van der Waals surface area contributed by atoms with E-state index in [0.29, 0.717) is 25.4 Å². The van der Waals surface area contributed by atoms with E-state index in [2.05, 4.69) is 15.3 Å². The standard InChI is InChI=1S/C19H27N5O2/c1-23-16(22-14-4-2-9-21-18(14)23)5-6-17(26)24-11-7-15-19(12-24,13-25)8-3-10-20-15/h2,4,9,15,20,25H,3,5-8,10-13H2,1H3/t15-,19-/m0/s1. The van der Waals surface area contributed by atoms with Gasteiger partial charge in [-0.05, 0) is 37.9 Å². The van der Waals surface area contributed by atoms with Crippen LogP contribution in [0.25, 0.3) is 11.2 Å². The fourth-order valence-corrected chi connectivity index (χ4v) is 4.57. The van der Waals surface area contributed by atoms with Crippen molar-refractivity contribution < 1.29 is 9.90 Å². The van der Waals surface area contributed by atoms with Crippen molar-refractivity contribution in [3.05, 3.63) is 24.2 Å². The molecule has 140 valence electrons. The minimum atomic E-state index is -0.173. The Morgan fingerprint density at radius 2 is 2.38 bits per heavy atom. The Morgan fingerprint density at radius 3 is 3.19 bits per heavy atom. The average Bonchev–Trinajstić information content (AvgIpc) is 3.01. The first-order valence-corrected chi connectivity index (χ1v) is 9.51. The third-order valence-electron chi connectivity index (χ3n) is 6.13. The zero-order valence-electron chi connectivity index (χ0n) is 15.3. The van der Waals surface area contributed by atoms with Gasteiger partial charge in [-0.1, -0.05) is 0 Å². The molecule has 2 N–H and O–H groups in total. The van der Waals surface area contributed by atoms with Gasteiger partial charge < -0.3 is 19.9 Å². The van der Waals surface area contributed by atoms with Crippen molar-refractivity contribution in [2.75, 3.05) is 26.2 Å². The molecule has 0 aliphatic carbocycles. The Kier molecular flexibility index (Phi) is 4.67. The van der Waals surface area contributed by atoms with Crippen molar-refractivity contribution >= 4 is 17.1 Å². The van der Waals surface area contributed by atoms with Gasteiger partial charge >= 0.3 is 0 Å². The Morgan fingerprint density at radius 1 is 1.50 bits per heavy atom. The number of carbonyl (C=O) groups is 1. The van der Waals surface area contributed by atoms with Crippen LogP contribution in [-0.4, -0.2) is 62.7 Å². The van der Waals surface area contributed by atoms with Crippen molar-refractivity contribution in [1.82, 2.24) is 24.8 Å². The second-order valence-electron chi connectivity index (χ2n) is 7.67. The van der Waals surface area contributed by atoms with Gasteiger partial charge in [0.2, 0.25) is 5.91 Å². The van der Waals surface area contributed by atoms with Crippen molar-refractivity contribution in [3.63, 3.8) is 0 Å². The summed E-state index contributed by atoms with van der Waals surface area (Å²) in [4.78, 5) is 23.7.